The molecular formula is C12H13FO4. The molecule has 0 unspecified atom stereocenters. The number of aromatic hydroxyl groups is 2. The SMILES string of the molecule is CC(C)(C)C(=O)C(=O)c1ccc(O)c(O)c1F. The second kappa shape index (κ2) is 4.16. The van der Waals surface area contributed by atoms with Gasteiger partial charge in [0.1, 0.15) is 0 Å². The second-order valence-corrected chi connectivity index (χ2v) is 4.70. The maximum Gasteiger partial charge on any atom is 0.232 e. The van der Waals surface area contributed by atoms with E-state index in [-0.39, 0.29) is 0 Å². The Balaban J connectivity index is 3.24. The normalized spacial score (nSPS) is 11.3. The number of hydrogen-bond acceptors (Lipinski definition) is 4. The molecule has 0 aromatic heterocycles. The molecule has 0 heterocycles. The van der Waals surface area contributed by atoms with Gasteiger partial charge in [-0.2, -0.15) is 0 Å². The van der Waals surface area contributed by atoms with Crippen molar-refractivity contribution in [3.8, 4) is 11.5 Å². The minimum Gasteiger partial charge on any atom is -0.504 e. The largest absolute Gasteiger partial charge is 0.504 e. The summed E-state index contributed by atoms with van der Waals surface area (Å²) in [7, 11) is 0. The molecule has 2 N–H and O–H groups in total. The molecular weight excluding hydrogens is 227 g/mol. The van der Waals surface area contributed by atoms with Crippen molar-refractivity contribution >= 4 is 11.6 Å². The molecule has 4 nitrogen and oxygen atoms in total. The molecule has 0 saturated heterocycles. The fourth-order valence-corrected chi connectivity index (χ4v) is 1.19. The summed E-state index contributed by atoms with van der Waals surface area (Å²) in [5.41, 5.74) is -1.47. The van der Waals surface area contributed by atoms with E-state index in [1.54, 1.807) is 0 Å². The number of rotatable bonds is 2. The van der Waals surface area contributed by atoms with Gasteiger partial charge in [0, 0.05) is 5.41 Å². The van der Waals surface area contributed by atoms with Crippen LogP contribution in [0.15, 0.2) is 12.1 Å². The summed E-state index contributed by atoms with van der Waals surface area (Å²) in [4.78, 5) is 23.3. The van der Waals surface area contributed by atoms with E-state index >= 15 is 0 Å². The molecule has 17 heavy (non-hydrogen) atoms. The van der Waals surface area contributed by atoms with Crippen LogP contribution in [0.4, 0.5) is 4.39 Å². The lowest BCUT2D eigenvalue weighted by molar-refractivity contribution is -0.121. The van der Waals surface area contributed by atoms with Crippen LogP contribution >= 0.6 is 0 Å². The standard InChI is InChI=1S/C12H13FO4/c1-12(2,3)11(17)9(15)6-4-5-7(14)10(16)8(6)13/h4-5,14,16H,1-3H3. The summed E-state index contributed by atoms with van der Waals surface area (Å²) >= 11 is 0. The van der Waals surface area contributed by atoms with Gasteiger partial charge in [0.25, 0.3) is 0 Å². The van der Waals surface area contributed by atoms with E-state index in [4.69, 9.17) is 10.2 Å². The summed E-state index contributed by atoms with van der Waals surface area (Å²) < 4.78 is 13.5. The Morgan fingerprint density at radius 3 is 2.18 bits per heavy atom. The number of hydrogen-bond donors (Lipinski definition) is 2. The molecule has 0 fully saturated rings. The van der Waals surface area contributed by atoms with Crippen molar-refractivity contribution in [3.05, 3.63) is 23.5 Å². The molecule has 1 aromatic rings. The highest BCUT2D eigenvalue weighted by Crippen LogP contribution is 2.31. The number of carbonyl (C=O) groups is 2. The van der Waals surface area contributed by atoms with E-state index < -0.39 is 39.9 Å². The number of phenolic OH excluding ortho intramolecular Hbond substituents is 2. The monoisotopic (exact) mass is 240 g/mol. The topological polar surface area (TPSA) is 74.6 Å². The van der Waals surface area contributed by atoms with Crippen LogP contribution in [0.1, 0.15) is 31.1 Å². The number of ketones is 2. The quantitative estimate of drug-likeness (QED) is 0.471. The third-order valence-corrected chi connectivity index (χ3v) is 2.23. The van der Waals surface area contributed by atoms with E-state index in [2.05, 4.69) is 0 Å². The number of carbonyl (C=O) groups excluding carboxylic acids is 2. The van der Waals surface area contributed by atoms with Crippen LogP contribution in [0.2, 0.25) is 0 Å². The van der Waals surface area contributed by atoms with Crippen LogP contribution < -0.4 is 0 Å². The van der Waals surface area contributed by atoms with Crippen molar-refractivity contribution < 1.29 is 24.2 Å². The summed E-state index contributed by atoms with van der Waals surface area (Å²) in [6.07, 6.45) is 0. The van der Waals surface area contributed by atoms with Crippen LogP contribution in [-0.4, -0.2) is 21.8 Å². The van der Waals surface area contributed by atoms with Crippen molar-refractivity contribution in [2.45, 2.75) is 20.8 Å². The molecule has 0 aliphatic carbocycles. The molecule has 5 heteroatoms. The predicted molar refractivity (Wildman–Crippen MR) is 58.5 cm³/mol. The van der Waals surface area contributed by atoms with Gasteiger partial charge in [-0.05, 0) is 12.1 Å². The van der Waals surface area contributed by atoms with E-state index in [9.17, 15) is 14.0 Å². The molecule has 0 radical (unpaired) electrons. The molecule has 0 aliphatic rings. The Morgan fingerprint density at radius 1 is 1.18 bits per heavy atom. The van der Waals surface area contributed by atoms with Crippen molar-refractivity contribution in [1.82, 2.24) is 0 Å². The zero-order valence-corrected chi connectivity index (χ0v) is 9.74. The Hall–Kier alpha value is -1.91. The molecule has 0 spiro atoms. The highest BCUT2D eigenvalue weighted by atomic mass is 19.1. The van der Waals surface area contributed by atoms with Gasteiger partial charge in [-0.15, -0.1) is 0 Å². The zero-order chi connectivity index (χ0) is 13.4. The van der Waals surface area contributed by atoms with Crippen molar-refractivity contribution in [1.29, 1.82) is 0 Å². The number of benzene rings is 1. The third-order valence-electron chi connectivity index (χ3n) is 2.23. The van der Waals surface area contributed by atoms with Gasteiger partial charge in [0.05, 0.1) is 5.56 Å². The molecule has 0 bridgehead atoms. The molecule has 0 saturated carbocycles. The van der Waals surface area contributed by atoms with Crippen LogP contribution in [0.3, 0.4) is 0 Å². The van der Waals surface area contributed by atoms with Crippen LogP contribution in [-0.2, 0) is 4.79 Å². The molecule has 92 valence electrons. The lowest BCUT2D eigenvalue weighted by atomic mass is 9.86. The van der Waals surface area contributed by atoms with E-state index in [1.165, 1.54) is 20.8 Å². The lowest BCUT2D eigenvalue weighted by Gasteiger charge is -2.15. The fraction of sp³-hybridized carbons (Fsp3) is 0.333. The van der Waals surface area contributed by atoms with Gasteiger partial charge in [-0.25, -0.2) is 4.39 Å². The maximum absolute atomic E-state index is 13.5. The minimum absolute atomic E-state index is 0.541. The molecule has 1 rings (SSSR count). The van der Waals surface area contributed by atoms with Crippen molar-refractivity contribution in [3.63, 3.8) is 0 Å². The van der Waals surface area contributed by atoms with E-state index in [0.29, 0.717) is 0 Å². The zero-order valence-electron chi connectivity index (χ0n) is 9.74. The smallest absolute Gasteiger partial charge is 0.232 e. The van der Waals surface area contributed by atoms with Crippen molar-refractivity contribution in [2.75, 3.05) is 0 Å². The van der Waals surface area contributed by atoms with Crippen LogP contribution in [0, 0.1) is 11.2 Å². The predicted octanol–water partition coefficient (Wildman–Crippen LogP) is 2.03. The molecule has 0 atom stereocenters. The summed E-state index contributed by atoms with van der Waals surface area (Å²) in [5.74, 6) is -4.78. The minimum atomic E-state index is -1.28. The molecule has 0 amide bonds. The van der Waals surface area contributed by atoms with E-state index in [1.807, 2.05) is 0 Å². The highest BCUT2D eigenvalue weighted by Gasteiger charge is 2.31. The van der Waals surface area contributed by atoms with Crippen LogP contribution in [0.25, 0.3) is 0 Å². The van der Waals surface area contributed by atoms with Gasteiger partial charge in [-0.1, -0.05) is 20.8 Å². The Kier molecular flexibility index (Phi) is 3.22. The van der Waals surface area contributed by atoms with Gasteiger partial charge < -0.3 is 10.2 Å². The van der Waals surface area contributed by atoms with Crippen molar-refractivity contribution in [2.24, 2.45) is 5.41 Å². The van der Waals surface area contributed by atoms with Gasteiger partial charge >= 0.3 is 0 Å². The third kappa shape index (κ3) is 2.43. The second-order valence-electron chi connectivity index (χ2n) is 4.70. The highest BCUT2D eigenvalue weighted by molar-refractivity contribution is 6.45. The Labute approximate surface area is 97.7 Å². The van der Waals surface area contributed by atoms with Gasteiger partial charge in [-0.3, -0.25) is 9.59 Å². The number of halogens is 1. The lowest BCUT2D eigenvalue weighted by Crippen LogP contribution is -2.29. The first-order chi connectivity index (χ1) is 7.66. The first-order valence-electron chi connectivity index (χ1n) is 4.96. The molecule has 0 aliphatic heterocycles. The maximum atomic E-state index is 13.5. The van der Waals surface area contributed by atoms with Gasteiger partial charge in [0.15, 0.2) is 17.3 Å². The molecule has 1 aromatic carbocycles. The Bertz CT molecular complexity index is 486. The Morgan fingerprint density at radius 2 is 1.71 bits per heavy atom. The van der Waals surface area contributed by atoms with Gasteiger partial charge in [0.2, 0.25) is 11.6 Å². The van der Waals surface area contributed by atoms with Crippen LogP contribution in [0.5, 0.6) is 11.5 Å². The fourth-order valence-electron chi connectivity index (χ4n) is 1.19. The summed E-state index contributed by atoms with van der Waals surface area (Å²) in [6, 6.07) is 1.93. The average Bonchev–Trinajstić information content (AvgIpc) is 2.23. The number of phenols is 2. The summed E-state index contributed by atoms with van der Waals surface area (Å²) in [6.45, 7) is 4.60. The van der Waals surface area contributed by atoms with E-state index in [0.717, 1.165) is 12.1 Å². The first kappa shape index (κ1) is 13.2. The average molecular weight is 240 g/mol. The summed E-state index contributed by atoms with van der Waals surface area (Å²) in [5, 5.41) is 18.2. The first-order valence-corrected chi connectivity index (χ1v) is 4.96. The number of Topliss-reactive ketones (excluding diaryl/α,β-unsaturated/α-hetero) is 2.